The highest BCUT2D eigenvalue weighted by atomic mass is 79.9. The number of halogens is 1. The van der Waals surface area contributed by atoms with Gasteiger partial charge in [0.1, 0.15) is 5.75 Å². The first-order valence-corrected chi connectivity index (χ1v) is 6.52. The van der Waals surface area contributed by atoms with Gasteiger partial charge < -0.3 is 15.2 Å². The van der Waals surface area contributed by atoms with Crippen LogP contribution in [0.5, 0.6) is 5.75 Å². The number of carbonyl (C=O) groups is 1. The van der Waals surface area contributed by atoms with Gasteiger partial charge in [0, 0.05) is 16.1 Å². The molecule has 0 amide bonds. The minimum atomic E-state index is -0.581. The molecule has 1 aromatic rings. The topological polar surface area (TPSA) is 61.5 Å². The molecule has 1 saturated carbocycles. The minimum Gasteiger partial charge on any atom is -0.496 e. The highest BCUT2D eigenvalue weighted by Crippen LogP contribution is 2.56. The number of benzene rings is 1. The van der Waals surface area contributed by atoms with Gasteiger partial charge in [-0.25, -0.2) is 0 Å². The van der Waals surface area contributed by atoms with Crippen molar-refractivity contribution in [2.45, 2.75) is 18.9 Å². The Morgan fingerprint density at radius 3 is 2.61 bits per heavy atom. The summed E-state index contributed by atoms with van der Waals surface area (Å²) >= 11 is 3.41. The lowest BCUT2D eigenvalue weighted by atomic mass is 9.90. The molecule has 98 valence electrons. The van der Waals surface area contributed by atoms with Crippen molar-refractivity contribution >= 4 is 21.9 Å². The Kier molecular flexibility index (Phi) is 3.64. The highest BCUT2D eigenvalue weighted by molar-refractivity contribution is 9.10. The third kappa shape index (κ3) is 2.12. The second kappa shape index (κ2) is 4.90. The standard InChI is InChI=1S/C13H16BrNO3/c1-17-10-4-3-8(14)7-9(10)11(15)13(5-6-13)12(16)18-2/h3-4,7,11H,5-6,15H2,1-2H3. The maximum atomic E-state index is 11.8. The number of ether oxygens (including phenoxy) is 2. The molecular weight excluding hydrogens is 298 g/mol. The van der Waals surface area contributed by atoms with Crippen molar-refractivity contribution in [3.63, 3.8) is 0 Å². The summed E-state index contributed by atoms with van der Waals surface area (Å²) in [4.78, 5) is 11.8. The highest BCUT2D eigenvalue weighted by Gasteiger charge is 2.56. The zero-order valence-electron chi connectivity index (χ0n) is 10.4. The van der Waals surface area contributed by atoms with E-state index in [2.05, 4.69) is 15.9 Å². The summed E-state index contributed by atoms with van der Waals surface area (Å²) in [5, 5.41) is 0. The van der Waals surface area contributed by atoms with Gasteiger partial charge >= 0.3 is 5.97 Å². The molecule has 18 heavy (non-hydrogen) atoms. The summed E-state index contributed by atoms with van der Waals surface area (Å²) in [5.74, 6) is 0.456. The van der Waals surface area contributed by atoms with Gasteiger partial charge in [-0.3, -0.25) is 4.79 Å². The van der Waals surface area contributed by atoms with E-state index in [-0.39, 0.29) is 5.97 Å². The van der Waals surface area contributed by atoms with Crippen LogP contribution in [0, 0.1) is 5.41 Å². The van der Waals surface area contributed by atoms with E-state index in [4.69, 9.17) is 15.2 Å². The molecule has 1 atom stereocenters. The monoisotopic (exact) mass is 313 g/mol. The molecule has 0 aliphatic heterocycles. The molecule has 1 fully saturated rings. The summed E-state index contributed by atoms with van der Waals surface area (Å²) in [6, 6.07) is 5.21. The van der Waals surface area contributed by atoms with E-state index in [1.165, 1.54) is 7.11 Å². The Morgan fingerprint density at radius 2 is 2.11 bits per heavy atom. The first-order chi connectivity index (χ1) is 8.55. The van der Waals surface area contributed by atoms with Crippen molar-refractivity contribution in [1.82, 2.24) is 0 Å². The molecule has 1 aliphatic carbocycles. The van der Waals surface area contributed by atoms with Crippen molar-refractivity contribution in [3.8, 4) is 5.75 Å². The van der Waals surface area contributed by atoms with Gasteiger partial charge in [0.25, 0.3) is 0 Å². The molecular formula is C13H16BrNO3. The fraction of sp³-hybridized carbons (Fsp3) is 0.462. The van der Waals surface area contributed by atoms with Crippen LogP contribution in [0.1, 0.15) is 24.4 Å². The molecule has 1 aromatic carbocycles. The lowest BCUT2D eigenvalue weighted by molar-refractivity contribution is -0.148. The van der Waals surface area contributed by atoms with Gasteiger partial charge in [0.2, 0.25) is 0 Å². The van der Waals surface area contributed by atoms with E-state index in [0.29, 0.717) is 5.75 Å². The van der Waals surface area contributed by atoms with Gasteiger partial charge in [-0.05, 0) is 31.0 Å². The molecule has 5 heteroatoms. The third-order valence-corrected chi connectivity index (χ3v) is 4.00. The largest absolute Gasteiger partial charge is 0.496 e. The maximum Gasteiger partial charge on any atom is 0.313 e. The predicted octanol–water partition coefficient (Wildman–Crippen LogP) is 2.41. The number of carbonyl (C=O) groups excluding carboxylic acids is 1. The summed E-state index contributed by atoms with van der Waals surface area (Å²) in [6.45, 7) is 0. The Labute approximate surface area is 115 Å². The van der Waals surface area contributed by atoms with E-state index in [1.807, 2.05) is 18.2 Å². The van der Waals surface area contributed by atoms with Gasteiger partial charge in [0.05, 0.1) is 19.6 Å². The Balaban J connectivity index is 2.37. The summed E-state index contributed by atoms with van der Waals surface area (Å²) in [6.07, 6.45) is 1.52. The molecule has 0 heterocycles. The molecule has 0 bridgehead atoms. The van der Waals surface area contributed by atoms with Crippen molar-refractivity contribution in [2.24, 2.45) is 11.1 Å². The number of esters is 1. The van der Waals surface area contributed by atoms with Crippen LogP contribution < -0.4 is 10.5 Å². The minimum absolute atomic E-state index is 0.239. The third-order valence-electron chi connectivity index (χ3n) is 3.50. The maximum absolute atomic E-state index is 11.8. The second-order valence-corrected chi connectivity index (χ2v) is 5.43. The van der Waals surface area contributed by atoms with E-state index < -0.39 is 11.5 Å². The molecule has 0 aromatic heterocycles. The van der Waals surface area contributed by atoms with Crippen LogP contribution in [-0.4, -0.2) is 20.2 Å². The van der Waals surface area contributed by atoms with Crippen LogP contribution >= 0.6 is 15.9 Å². The van der Waals surface area contributed by atoms with E-state index in [0.717, 1.165) is 22.9 Å². The number of methoxy groups -OCH3 is 2. The summed E-state index contributed by atoms with van der Waals surface area (Å²) in [5.41, 5.74) is 6.50. The van der Waals surface area contributed by atoms with Gasteiger partial charge in [-0.2, -0.15) is 0 Å². The number of rotatable bonds is 4. The first kappa shape index (κ1) is 13.4. The van der Waals surface area contributed by atoms with Gasteiger partial charge in [0.15, 0.2) is 0 Å². The Hall–Kier alpha value is -1.07. The summed E-state index contributed by atoms with van der Waals surface area (Å²) in [7, 11) is 2.99. The zero-order chi connectivity index (χ0) is 13.3. The molecule has 0 spiro atoms. The molecule has 1 aliphatic rings. The fourth-order valence-electron chi connectivity index (χ4n) is 2.23. The van der Waals surface area contributed by atoms with Gasteiger partial charge in [-0.1, -0.05) is 15.9 Å². The lowest BCUT2D eigenvalue weighted by Gasteiger charge is -2.23. The SMILES string of the molecule is COC(=O)C1(C(N)c2cc(Br)ccc2OC)CC1. The molecule has 2 N–H and O–H groups in total. The molecule has 1 unspecified atom stereocenters. The van der Waals surface area contributed by atoms with Crippen LogP contribution in [0.3, 0.4) is 0 Å². The number of nitrogens with two attached hydrogens (primary N) is 1. The lowest BCUT2D eigenvalue weighted by Crippen LogP contribution is -2.31. The predicted molar refractivity (Wildman–Crippen MR) is 71.3 cm³/mol. The summed E-state index contributed by atoms with van der Waals surface area (Å²) < 4.78 is 11.1. The number of hydrogen-bond donors (Lipinski definition) is 1. The molecule has 2 rings (SSSR count). The smallest absolute Gasteiger partial charge is 0.313 e. The first-order valence-electron chi connectivity index (χ1n) is 5.72. The molecule has 0 radical (unpaired) electrons. The fourth-order valence-corrected chi connectivity index (χ4v) is 2.60. The average molecular weight is 314 g/mol. The normalized spacial score (nSPS) is 18.0. The van der Waals surface area contributed by atoms with Crippen molar-refractivity contribution in [2.75, 3.05) is 14.2 Å². The van der Waals surface area contributed by atoms with Crippen LogP contribution in [0.2, 0.25) is 0 Å². The quantitative estimate of drug-likeness (QED) is 0.867. The average Bonchev–Trinajstić information content (AvgIpc) is 3.18. The molecule has 4 nitrogen and oxygen atoms in total. The molecule has 0 saturated heterocycles. The van der Waals surface area contributed by atoms with Crippen LogP contribution in [0.4, 0.5) is 0 Å². The van der Waals surface area contributed by atoms with Crippen molar-refractivity contribution in [1.29, 1.82) is 0 Å². The Bertz CT molecular complexity index is 471. The van der Waals surface area contributed by atoms with Crippen molar-refractivity contribution in [3.05, 3.63) is 28.2 Å². The van der Waals surface area contributed by atoms with E-state index >= 15 is 0 Å². The van der Waals surface area contributed by atoms with E-state index in [9.17, 15) is 4.79 Å². The van der Waals surface area contributed by atoms with Gasteiger partial charge in [-0.15, -0.1) is 0 Å². The zero-order valence-corrected chi connectivity index (χ0v) is 12.0. The second-order valence-electron chi connectivity index (χ2n) is 4.51. The van der Waals surface area contributed by atoms with Crippen LogP contribution in [-0.2, 0) is 9.53 Å². The van der Waals surface area contributed by atoms with Crippen molar-refractivity contribution < 1.29 is 14.3 Å². The van der Waals surface area contributed by atoms with Crippen LogP contribution in [0.25, 0.3) is 0 Å². The van der Waals surface area contributed by atoms with Crippen LogP contribution in [0.15, 0.2) is 22.7 Å². The number of hydrogen-bond acceptors (Lipinski definition) is 4. The Morgan fingerprint density at radius 1 is 1.44 bits per heavy atom. The van der Waals surface area contributed by atoms with E-state index in [1.54, 1.807) is 7.11 Å².